The van der Waals surface area contributed by atoms with Crippen molar-refractivity contribution in [2.24, 2.45) is 5.92 Å². The zero-order valence-electron chi connectivity index (χ0n) is 11.3. The molecule has 0 bridgehead atoms. The lowest BCUT2D eigenvalue weighted by molar-refractivity contribution is -0.155. The molecule has 0 aromatic heterocycles. The van der Waals surface area contributed by atoms with E-state index in [2.05, 4.69) is 5.32 Å². The monoisotopic (exact) mass is 259 g/mol. The highest BCUT2D eigenvalue weighted by Gasteiger charge is 2.52. The molecule has 0 spiro atoms. The summed E-state index contributed by atoms with van der Waals surface area (Å²) >= 11 is 0. The largest absolute Gasteiger partial charge is 0.467 e. The first kappa shape index (κ1) is 14.8. The predicted octanol–water partition coefficient (Wildman–Crippen LogP) is 0.825. The van der Waals surface area contributed by atoms with Crippen LogP contribution in [0.15, 0.2) is 0 Å². The fourth-order valence-electron chi connectivity index (χ4n) is 2.07. The quantitative estimate of drug-likeness (QED) is 0.733. The van der Waals surface area contributed by atoms with Crippen molar-refractivity contribution < 1.29 is 24.2 Å². The van der Waals surface area contributed by atoms with Gasteiger partial charge in [0.25, 0.3) is 0 Å². The summed E-state index contributed by atoms with van der Waals surface area (Å²) in [7, 11) is 1.27. The van der Waals surface area contributed by atoms with Crippen molar-refractivity contribution in [2.45, 2.75) is 44.8 Å². The fourth-order valence-corrected chi connectivity index (χ4v) is 2.07. The van der Waals surface area contributed by atoms with E-state index in [1.54, 1.807) is 20.8 Å². The van der Waals surface area contributed by atoms with Gasteiger partial charge in [0.1, 0.15) is 11.1 Å². The number of carbonyl (C=O) groups is 2. The minimum atomic E-state index is -1.05. The van der Waals surface area contributed by atoms with Gasteiger partial charge in [0, 0.05) is 6.61 Å². The zero-order valence-corrected chi connectivity index (χ0v) is 11.3. The number of amides is 1. The predicted molar refractivity (Wildman–Crippen MR) is 63.9 cm³/mol. The number of aliphatic hydroxyl groups is 1. The molecule has 1 rings (SSSR count). The van der Waals surface area contributed by atoms with Crippen LogP contribution in [0.4, 0.5) is 4.79 Å². The fraction of sp³-hybridized carbons (Fsp3) is 0.833. The summed E-state index contributed by atoms with van der Waals surface area (Å²) in [5.74, 6) is -0.489. The van der Waals surface area contributed by atoms with Gasteiger partial charge in [0.2, 0.25) is 0 Å². The molecule has 18 heavy (non-hydrogen) atoms. The van der Waals surface area contributed by atoms with E-state index in [0.29, 0.717) is 12.8 Å². The molecule has 2 N–H and O–H groups in total. The third kappa shape index (κ3) is 3.35. The van der Waals surface area contributed by atoms with Gasteiger partial charge in [0.05, 0.1) is 7.11 Å². The minimum absolute atomic E-state index is 0.00522. The lowest BCUT2D eigenvalue weighted by Gasteiger charge is -2.44. The van der Waals surface area contributed by atoms with Gasteiger partial charge in [-0.25, -0.2) is 9.59 Å². The van der Waals surface area contributed by atoms with Gasteiger partial charge >= 0.3 is 12.1 Å². The second kappa shape index (κ2) is 5.14. The van der Waals surface area contributed by atoms with Crippen molar-refractivity contribution in [3.8, 4) is 0 Å². The molecule has 6 heteroatoms. The van der Waals surface area contributed by atoms with Crippen LogP contribution in [-0.4, -0.2) is 42.0 Å². The van der Waals surface area contributed by atoms with Crippen molar-refractivity contribution in [1.29, 1.82) is 0 Å². The Bertz CT molecular complexity index is 328. The first-order valence-electron chi connectivity index (χ1n) is 5.93. The maximum atomic E-state index is 11.7. The molecule has 0 atom stereocenters. The second-order valence-corrected chi connectivity index (χ2v) is 5.66. The highest BCUT2D eigenvalue weighted by atomic mass is 16.6. The molecule has 0 radical (unpaired) electrons. The molecule has 0 heterocycles. The third-order valence-corrected chi connectivity index (χ3v) is 2.85. The molecule has 6 nitrogen and oxygen atoms in total. The Hall–Kier alpha value is -1.30. The molecule has 0 aromatic carbocycles. The number of ether oxygens (including phenoxy) is 2. The number of hydrogen-bond donors (Lipinski definition) is 2. The maximum Gasteiger partial charge on any atom is 0.408 e. The van der Waals surface area contributed by atoms with E-state index >= 15 is 0 Å². The smallest absolute Gasteiger partial charge is 0.408 e. The SMILES string of the molecule is COC(=O)[C@]1(NC(=O)OC(C)(C)C)C[C@H](CO)C1. The molecule has 1 aliphatic carbocycles. The molecular weight excluding hydrogens is 238 g/mol. The van der Waals surface area contributed by atoms with Gasteiger partial charge in [-0.3, -0.25) is 0 Å². The first-order valence-corrected chi connectivity index (χ1v) is 5.93. The van der Waals surface area contributed by atoms with Crippen molar-refractivity contribution in [1.82, 2.24) is 5.32 Å². The van der Waals surface area contributed by atoms with Crippen LogP contribution in [0.25, 0.3) is 0 Å². The van der Waals surface area contributed by atoms with E-state index < -0.39 is 23.2 Å². The van der Waals surface area contributed by atoms with E-state index in [1.165, 1.54) is 7.11 Å². The number of rotatable bonds is 3. The highest BCUT2D eigenvalue weighted by Crippen LogP contribution is 2.38. The van der Waals surface area contributed by atoms with Crippen LogP contribution in [0.3, 0.4) is 0 Å². The molecule has 1 fully saturated rings. The van der Waals surface area contributed by atoms with Crippen molar-refractivity contribution in [3.63, 3.8) is 0 Å². The Kier molecular flexibility index (Phi) is 4.21. The Morgan fingerprint density at radius 3 is 2.33 bits per heavy atom. The summed E-state index contributed by atoms with van der Waals surface area (Å²) in [6, 6.07) is 0. The summed E-state index contributed by atoms with van der Waals surface area (Å²) in [5.41, 5.74) is -1.67. The van der Waals surface area contributed by atoms with Gasteiger partial charge in [-0.2, -0.15) is 0 Å². The summed E-state index contributed by atoms with van der Waals surface area (Å²) in [6.45, 7) is 5.23. The van der Waals surface area contributed by atoms with Crippen LogP contribution < -0.4 is 5.32 Å². The summed E-state index contributed by atoms with van der Waals surface area (Å²) < 4.78 is 9.80. The Balaban J connectivity index is 2.65. The van der Waals surface area contributed by atoms with Crippen LogP contribution in [0.2, 0.25) is 0 Å². The molecule has 1 amide bonds. The maximum absolute atomic E-state index is 11.7. The first-order chi connectivity index (χ1) is 8.22. The van der Waals surface area contributed by atoms with E-state index in [0.717, 1.165) is 0 Å². The van der Waals surface area contributed by atoms with Crippen LogP contribution in [0.5, 0.6) is 0 Å². The third-order valence-electron chi connectivity index (χ3n) is 2.85. The Morgan fingerprint density at radius 1 is 1.39 bits per heavy atom. The molecular formula is C12H21NO5. The molecule has 0 aromatic rings. The number of hydrogen-bond acceptors (Lipinski definition) is 5. The number of alkyl carbamates (subject to hydrolysis) is 1. The second-order valence-electron chi connectivity index (χ2n) is 5.66. The number of methoxy groups -OCH3 is 1. The van der Waals surface area contributed by atoms with Gasteiger partial charge in [-0.1, -0.05) is 0 Å². The lowest BCUT2D eigenvalue weighted by atomic mass is 9.68. The molecule has 0 unspecified atom stereocenters. The molecule has 1 saturated carbocycles. The molecule has 104 valence electrons. The number of esters is 1. The highest BCUT2D eigenvalue weighted by molar-refractivity contribution is 5.87. The molecule has 0 saturated heterocycles. The average Bonchev–Trinajstić information content (AvgIpc) is 2.18. The van der Waals surface area contributed by atoms with Crippen molar-refractivity contribution >= 4 is 12.1 Å². The topological polar surface area (TPSA) is 84.9 Å². The Labute approximate surface area is 107 Å². The number of carbonyl (C=O) groups excluding carboxylic acids is 2. The van der Waals surface area contributed by atoms with E-state index in [-0.39, 0.29) is 12.5 Å². The van der Waals surface area contributed by atoms with Crippen molar-refractivity contribution in [3.05, 3.63) is 0 Å². The van der Waals surface area contributed by atoms with Crippen molar-refractivity contribution in [2.75, 3.05) is 13.7 Å². The van der Waals surface area contributed by atoms with Gasteiger partial charge in [0.15, 0.2) is 0 Å². The van der Waals surface area contributed by atoms with E-state index in [1.807, 2.05) is 0 Å². The zero-order chi connectivity index (χ0) is 14.0. The minimum Gasteiger partial charge on any atom is -0.467 e. The summed E-state index contributed by atoms with van der Waals surface area (Å²) in [6.07, 6.45) is 0.0921. The van der Waals surface area contributed by atoms with Crippen LogP contribution in [-0.2, 0) is 14.3 Å². The normalized spacial score (nSPS) is 27.1. The van der Waals surface area contributed by atoms with Crippen LogP contribution in [0, 0.1) is 5.92 Å². The van der Waals surface area contributed by atoms with E-state index in [4.69, 9.17) is 14.6 Å². The van der Waals surface area contributed by atoms with Gasteiger partial charge < -0.3 is 19.9 Å². The van der Waals surface area contributed by atoms with Gasteiger partial charge in [-0.15, -0.1) is 0 Å². The standard InChI is InChI=1S/C12H21NO5/c1-11(2,3)18-10(16)13-12(9(15)17-4)5-8(6-12)7-14/h8,14H,5-7H2,1-4H3,(H,13,16)/t8-,12-. The Morgan fingerprint density at radius 2 is 1.94 bits per heavy atom. The molecule has 0 aliphatic heterocycles. The number of aliphatic hydroxyl groups excluding tert-OH is 1. The van der Waals surface area contributed by atoms with Gasteiger partial charge in [-0.05, 0) is 39.5 Å². The van der Waals surface area contributed by atoms with Crippen LogP contribution >= 0.6 is 0 Å². The summed E-state index contributed by atoms with van der Waals surface area (Å²) in [4.78, 5) is 23.4. The van der Waals surface area contributed by atoms with Crippen LogP contribution in [0.1, 0.15) is 33.6 Å². The average molecular weight is 259 g/mol. The summed E-state index contributed by atoms with van der Waals surface area (Å²) in [5, 5.41) is 11.6. The molecule has 1 aliphatic rings. The number of nitrogens with one attached hydrogen (secondary N) is 1. The van der Waals surface area contributed by atoms with E-state index in [9.17, 15) is 9.59 Å². The lowest BCUT2D eigenvalue weighted by Crippen LogP contribution is -2.63.